The monoisotopic (exact) mass is 369 g/mol. The molecule has 0 aliphatic carbocycles. The molecule has 0 radical (unpaired) electrons. The van der Waals surface area contributed by atoms with E-state index in [1.807, 2.05) is 12.1 Å². The maximum Gasteiger partial charge on any atom is 0.275 e. The number of quaternary nitrogens is 2. The fraction of sp³-hybridized carbons (Fsp3) is 0.409. The van der Waals surface area contributed by atoms with Crippen molar-refractivity contribution >= 4 is 5.91 Å². The Morgan fingerprint density at radius 3 is 2.59 bits per heavy atom. The van der Waals surface area contributed by atoms with Gasteiger partial charge in [0, 0.05) is 17.5 Å². The summed E-state index contributed by atoms with van der Waals surface area (Å²) < 4.78 is 5.19. The summed E-state index contributed by atoms with van der Waals surface area (Å²) in [5, 5.41) is 3.23. The van der Waals surface area contributed by atoms with Gasteiger partial charge in [-0.25, -0.2) is 0 Å². The number of likely N-dealkylation sites (tertiary alicyclic amines) is 1. The fourth-order valence-corrected chi connectivity index (χ4v) is 3.81. The zero-order chi connectivity index (χ0) is 19.1. The standard InChI is InChI=1S/C22H29N3O2/c1-24(14-19-8-10-21(27-2)11-9-19)17-22(26)23-20-12-13-25(16-20)15-18-6-4-3-5-7-18/h3-11,20H,12-17H2,1-2H3,(H,23,26)/p+2/t20-/m0/s1. The molecule has 2 aromatic rings. The maximum atomic E-state index is 12.4. The Bertz CT molecular complexity index is 718. The molecule has 3 atom stereocenters. The highest BCUT2D eigenvalue weighted by molar-refractivity contribution is 5.77. The Labute approximate surface area is 161 Å². The summed E-state index contributed by atoms with van der Waals surface area (Å²) in [5.74, 6) is 1.00. The second-order valence-corrected chi connectivity index (χ2v) is 7.58. The highest BCUT2D eigenvalue weighted by atomic mass is 16.5. The number of likely N-dealkylation sites (N-methyl/N-ethyl adjacent to an activating group) is 1. The average Bonchev–Trinajstić information content (AvgIpc) is 3.09. The molecule has 1 aliphatic heterocycles. The molecule has 2 unspecified atom stereocenters. The molecule has 1 heterocycles. The van der Waals surface area contributed by atoms with Crippen LogP contribution in [-0.2, 0) is 17.9 Å². The first-order valence-corrected chi connectivity index (χ1v) is 9.73. The van der Waals surface area contributed by atoms with Crippen LogP contribution in [0.3, 0.4) is 0 Å². The lowest BCUT2D eigenvalue weighted by atomic mass is 10.2. The predicted octanol–water partition coefficient (Wildman–Crippen LogP) is -0.316. The van der Waals surface area contributed by atoms with E-state index in [2.05, 4.69) is 54.8 Å². The van der Waals surface area contributed by atoms with Crippen LogP contribution in [0.25, 0.3) is 0 Å². The van der Waals surface area contributed by atoms with Crippen LogP contribution in [0, 0.1) is 0 Å². The number of carbonyl (C=O) groups is 1. The summed E-state index contributed by atoms with van der Waals surface area (Å²) in [7, 11) is 3.73. The SMILES string of the molecule is COc1ccc(C[NH+](C)CC(=O)N[C@H]2CC[NH+](Cc3ccccc3)C2)cc1. The minimum atomic E-state index is 0.145. The zero-order valence-electron chi connectivity index (χ0n) is 16.3. The Hall–Kier alpha value is -2.37. The van der Waals surface area contributed by atoms with Gasteiger partial charge in [-0.1, -0.05) is 30.3 Å². The largest absolute Gasteiger partial charge is 0.497 e. The van der Waals surface area contributed by atoms with Crippen LogP contribution >= 0.6 is 0 Å². The number of ether oxygens (including phenoxy) is 1. The van der Waals surface area contributed by atoms with Crippen molar-refractivity contribution in [1.82, 2.24) is 5.32 Å². The van der Waals surface area contributed by atoms with Crippen LogP contribution in [0.1, 0.15) is 17.5 Å². The molecular formula is C22H31N3O2+2. The highest BCUT2D eigenvalue weighted by Crippen LogP contribution is 2.10. The first-order chi connectivity index (χ1) is 13.1. The van der Waals surface area contributed by atoms with Crippen molar-refractivity contribution < 1.29 is 19.3 Å². The number of rotatable bonds is 8. The van der Waals surface area contributed by atoms with Crippen molar-refractivity contribution in [3.8, 4) is 5.75 Å². The van der Waals surface area contributed by atoms with E-state index in [0.717, 1.165) is 38.3 Å². The van der Waals surface area contributed by atoms with Gasteiger partial charge >= 0.3 is 0 Å². The van der Waals surface area contributed by atoms with Gasteiger partial charge in [-0.15, -0.1) is 0 Å². The predicted molar refractivity (Wildman–Crippen MR) is 106 cm³/mol. The van der Waals surface area contributed by atoms with Crippen molar-refractivity contribution in [2.24, 2.45) is 0 Å². The van der Waals surface area contributed by atoms with Crippen molar-refractivity contribution in [3.05, 3.63) is 65.7 Å². The molecule has 0 aromatic heterocycles. The topological polar surface area (TPSA) is 47.2 Å². The number of benzene rings is 2. The second-order valence-electron chi connectivity index (χ2n) is 7.58. The third-order valence-electron chi connectivity index (χ3n) is 5.17. The van der Waals surface area contributed by atoms with Crippen LogP contribution in [0.2, 0.25) is 0 Å². The lowest BCUT2D eigenvalue weighted by Gasteiger charge is -2.17. The molecule has 0 spiro atoms. The van der Waals surface area contributed by atoms with Crippen molar-refractivity contribution in [2.45, 2.75) is 25.6 Å². The van der Waals surface area contributed by atoms with Crippen molar-refractivity contribution in [1.29, 1.82) is 0 Å². The van der Waals surface area contributed by atoms with Gasteiger partial charge in [0.1, 0.15) is 18.8 Å². The lowest BCUT2D eigenvalue weighted by molar-refractivity contribution is -0.901. The summed E-state index contributed by atoms with van der Waals surface area (Å²) in [6.45, 7) is 4.49. The minimum absolute atomic E-state index is 0.145. The van der Waals surface area contributed by atoms with Gasteiger partial charge < -0.3 is 19.9 Å². The molecule has 1 fully saturated rings. The van der Waals surface area contributed by atoms with Gasteiger partial charge in [0.05, 0.1) is 33.3 Å². The van der Waals surface area contributed by atoms with E-state index in [4.69, 9.17) is 4.74 Å². The Morgan fingerprint density at radius 1 is 1.15 bits per heavy atom. The van der Waals surface area contributed by atoms with Crippen LogP contribution in [0.15, 0.2) is 54.6 Å². The normalized spacial score (nSPS) is 20.2. The molecule has 3 N–H and O–H groups in total. The number of carbonyl (C=O) groups excluding carboxylic acids is 1. The molecule has 1 aliphatic rings. The molecule has 5 heteroatoms. The third-order valence-corrected chi connectivity index (χ3v) is 5.17. The van der Waals surface area contributed by atoms with Crippen molar-refractivity contribution in [3.63, 3.8) is 0 Å². The number of amides is 1. The number of hydrogen-bond acceptors (Lipinski definition) is 2. The van der Waals surface area contributed by atoms with E-state index in [1.54, 1.807) is 12.0 Å². The number of nitrogens with one attached hydrogen (secondary N) is 3. The molecule has 1 saturated heterocycles. The average molecular weight is 370 g/mol. The first-order valence-electron chi connectivity index (χ1n) is 9.73. The Morgan fingerprint density at radius 2 is 1.89 bits per heavy atom. The fourth-order valence-electron chi connectivity index (χ4n) is 3.81. The maximum absolute atomic E-state index is 12.4. The molecule has 2 aromatic carbocycles. The minimum Gasteiger partial charge on any atom is -0.497 e. The van der Waals surface area contributed by atoms with Crippen molar-refractivity contribution in [2.75, 3.05) is 33.8 Å². The van der Waals surface area contributed by atoms with E-state index in [0.29, 0.717) is 12.6 Å². The van der Waals surface area contributed by atoms with Gasteiger partial charge in [-0.05, 0) is 24.3 Å². The van der Waals surface area contributed by atoms with Crippen LogP contribution < -0.4 is 19.9 Å². The molecule has 144 valence electrons. The van der Waals surface area contributed by atoms with Gasteiger partial charge in [0.15, 0.2) is 6.54 Å². The van der Waals surface area contributed by atoms with E-state index in [9.17, 15) is 4.79 Å². The molecular weight excluding hydrogens is 338 g/mol. The molecule has 3 rings (SSSR count). The number of hydrogen-bond donors (Lipinski definition) is 3. The van der Waals surface area contributed by atoms with Gasteiger partial charge in [-0.2, -0.15) is 0 Å². The molecule has 0 saturated carbocycles. The molecule has 27 heavy (non-hydrogen) atoms. The summed E-state index contributed by atoms with van der Waals surface area (Å²) in [6.07, 6.45) is 1.06. The van der Waals surface area contributed by atoms with E-state index < -0.39 is 0 Å². The third kappa shape index (κ3) is 6.08. The van der Waals surface area contributed by atoms with Crippen LogP contribution in [0.5, 0.6) is 5.75 Å². The van der Waals surface area contributed by atoms with E-state index >= 15 is 0 Å². The summed E-state index contributed by atoms with van der Waals surface area (Å²) >= 11 is 0. The number of methoxy groups -OCH3 is 1. The molecule has 5 nitrogen and oxygen atoms in total. The van der Waals surface area contributed by atoms with Crippen LogP contribution in [-0.4, -0.2) is 45.7 Å². The first kappa shape index (κ1) is 19.4. The lowest BCUT2D eigenvalue weighted by Crippen LogP contribution is -3.09. The highest BCUT2D eigenvalue weighted by Gasteiger charge is 2.28. The van der Waals surface area contributed by atoms with Gasteiger partial charge in [0.25, 0.3) is 5.91 Å². The second kappa shape index (κ2) is 9.53. The molecule has 1 amide bonds. The van der Waals surface area contributed by atoms with Gasteiger partial charge in [-0.3, -0.25) is 4.79 Å². The smallest absolute Gasteiger partial charge is 0.275 e. The Balaban J connectivity index is 1.39. The van der Waals surface area contributed by atoms with E-state index in [1.165, 1.54) is 16.0 Å². The molecule has 0 bridgehead atoms. The Kier molecular flexibility index (Phi) is 6.85. The summed E-state index contributed by atoms with van der Waals surface area (Å²) in [6, 6.07) is 18.9. The zero-order valence-corrected chi connectivity index (χ0v) is 16.3. The van der Waals surface area contributed by atoms with E-state index in [-0.39, 0.29) is 5.91 Å². The summed E-state index contributed by atoms with van der Waals surface area (Å²) in [5.41, 5.74) is 2.57. The van der Waals surface area contributed by atoms with Crippen LogP contribution in [0.4, 0.5) is 0 Å². The quantitative estimate of drug-likeness (QED) is 0.598. The summed E-state index contributed by atoms with van der Waals surface area (Å²) in [4.78, 5) is 15.1. The van der Waals surface area contributed by atoms with Gasteiger partial charge in [0.2, 0.25) is 0 Å².